The third-order valence-corrected chi connectivity index (χ3v) is 3.52. The lowest BCUT2D eigenvalue weighted by molar-refractivity contribution is 0.0947. The summed E-state index contributed by atoms with van der Waals surface area (Å²) in [6.07, 6.45) is 0. The summed E-state index contributed by atoms with van der Waals surface area (Å²) in [5, 5.41) is 5.69. The molecule has 0 aliphatic heterocycles. The van der Waals surface area contributed by atoms with E-state index in [-0.39, 0.29) is 11.8 Å². The standard InChI is InChI=1S/C20H24N2O3/c1-4-25-18-8-6-5-7-17(18)22-20(24)16-11-9-15(10-12-16)19(23)21-13-14(2)3/h5-12,14H,4,13H2,1-3H3,(H,21,23)(H,22,24). The van der Waals surface area contributed by atoms with Gasteiger partial charge in [-0.3, -0.25) is 9.59 Å². The van der Waals surface area contributed by atoms with Crippen molar-refractivity contribution in [3.8, 4) is 5.75 Å². The van der Waals surface area contributed by atoms with Crippen molar-refractivity contribution in [2.45, 2.75) is 20.8 Å². The number of hydrogen-bond donors (Lipinski definition) is 2. The molecule has 5 nitrogen and oxygen atoms in total. The Kier molecular flexibility index (Phi) is 6.57. The zero-order valence-corrected chi connectivity index (χ0v) is 14.8. The Morgan fingerprint density at radius 3 is 2.16 bits per heavy atom. The highest BCUT2D eigenvalue weighted by Gasteiger charge is 2.11. The van der Waals surface area contributed by atoms with Crippen LogP contribution in [0.15, 0.2) is 48.5 Å². The van der Waals surface area contributed by atoms with Crippen molar-refractivity contribution in [2.24, 2.45) is 5.92 Å². The van der Waals surface area contributed by atoms with E-state index < -0.39 is 0 Å². The molecule has 0 fully saturated rings. The van der Waals surface area contributed by atoms with Crippen LogP contribution in [0.1, 0.15) is 41.5 Å². The summed E-state index contributed by atoms with van der Waals surface area (Å²) in [4.78, 5) is 24.4. The Bertz CT molecular complexity index is 724. The number of hydrogen-bond acceptors (Lipinski definition) is 3. The minimum Gasteiger partial charge on any atom is -0.492 e. The Morgan fingerprint density at radius 1 is 0.960 bits per heavy atom. The average molecular weight is 340 g/mol. The molecule has 2 aromatic carbocycles. The molecule has 25 heavy (non-hydrogen) atoms. The fourth-order valence-electron chi connectivity index (χ4n) is 2.22. The molecule has 2 N–H and O–H groups in total. The summed E-state index contributed by atoms with van der Waals surface area (Å²) in [6.45, 7) is 7.10. The first-order valence-electron chi connectivity index (χ1n) is 8.42. The smallest absolute Gasteiger partial charge is 0.255 e. The van der Waals surface area contributed by atoms with Gasteiger partial charge < -0.3 is 15.4 Å². The highest BCUT2D eigenvalue weighted by atomic mass is 16.5. The maximum absolute atomic E-state index is 12.4. The Hall–Kier alpha value is -2.82. The molecule has 132 valence electrons. The summed E-state index contributed by atoms with van der Waals surface area (Å²) >= 11 is 0. The second kappa shape index (κ2) is 8.87. The third-order valence-electron chi connectivity index (χ3n) is 3.52. The van der Waals surface area contributed by atoms with E-state index >= 15 is 0 Å². The van der Waals surface area contributed by atoms with Crippen LogP contribution in [0.4, 0.5) is 5.69 Å². The van der Waals surface area contributed by atoms with E-state index in [1.807, 2.05) is 32.9 Å². The number of carbonyl (C=O) groups is 2. The second-order valence-corrected chi connectivity index (χ2v) is 6.06. The van der Waals surface area contributed by atoms with Crippen molar-refractivity contribution in [1.29, 1.82) is 0 Å². The predicted octanol–water partition coefficient (Wildman–Crippen LogP) is 3.72. The van der Waals surface area contributed by atoms with Crippen molar-refractivity contribution >= 4 is 17.5 Å². The van der Waals surface area contributed by atoms with Gasteiger partial charge >= 0.3 is 0 Å². The molecule has 0 atom stereocenters. The molecule has 0 aliphatic carbocycles. The first kappa shape index (κ1) is 18.5. The quantitative estimate of drug-likeness (QED) is 0.807. The highest BCUT2D eigenvalue weighted by molar-refractivity contribution is 6.05. The number of anilines is 1. The van der Waals surface area contributed by atoms with Crippen molar-refractivity contribution < 1.29 is 14.3 Å². The van der Waals surface area contributed by atoms with Gasteiger partial charge in [0.15, 0.2) is 0 Å². The van der Waals surface area contributed by atoms with Crippen LogP contribution in [-0.2, 0) is 0 Å². The molecule has 0 radical (unpaired) electrons. The molecule has 0 saturated heterocycles. The van der Waals surface area contributed by atoms with E-state index in [1.54, 1.807) is 36.4 Å². The molecule has 0 aliphatic rings. The second-order valence-electron chi connectivity index (χ2n) is 6.06. The zero-order valence-electron chi connectivity index (χ0n) is 14.8. The van der Waals surface area contributed by atoms with Gasteiger partial charge in [-0.05, 0) is 49.2 Å². The average Bonchev–Trinajstić information content (AvgIpc) is 2.61. The van der Waals surface area contributed by atoms with Gasteiger partial charge in [-0.1, -0.05) is 26.0 Å². The number of carbonyl (C=O) groups excluding carboxylic acids is 2. The Morgan fingerprint density at radius 2 is 1.56 bits per heavy atom. The molecule has 5 heteroatoms. The maximum atomic E-state index is 12.4. The van der Waals surface area contributed by atoms with Gasteiger partial charge in [-0.25, -0.2) is 0 Å². The largest absolute Gasteiger partial charge is 0.492 e. The van der Waals surface area contributed by atoms with Crippen LogP contribution >= 0.6 is 0 Å². The first-order chi connectivity index (χ1) is 12.0. The van der Waals surface area contributed by atoms with Crippen molar-refractivity contribution in [2.75, 3.05) is 18.5 Å². The molecule has 0 bridgehead atoms. The monoisotopic (exact) mass is 340 g/mol. The van der Waals surface area contributed by atoms with Crippen LogP contribution in [0, 0.1) is 5.92 Å². The summed E-state index contributed by atoms with van der Waals surface area (Å²) in [5.41, 5.74) is 1.63. The Balaban J connectivity index is 2.04. The van der Waals surface area contributed by atoms with E-state index in [0.717, 1.165) is 0 Å². The van der Waals surface area contributed by atoms with Gasteiger partial charge in [0, 0.05) is 17.7 Å². The van der Waals surface area contributed by atoms with Gasteiger partial charge in [0.05, 0.1) is 12.3 Å². The van der Waals surface area contributed by atoms with E-state index in [0.29, 0.717) is 41.6 Å². The molecule has 0 saturated carbocycles. The third kappa shape index (κ3) is 5.35. The molecular formula is C20H24N2O3. The van der Waals surface area contributed by atoms with E-state index in [4.69, 9.17) is 4.74 Å². The van der Waals surface area contributed by atoms with Gasteiger partial charge in [0.1, 0.15) is 5.75 Å². The SMILES string of the molecule is CCOc1ccccc1NC(=O)c1ccc(C(=O)NCC(C)C)cc1. The fourth-order valence-corrected chi connectivity index (χ4v) is 2.22. The highest BCUT2D eigenvalue weighted by Crippen LogP contribution is 2.24. The zero-order chi connectivity index (χ0) is 18.2. The lowest BCUT2D eigenvalue weighted by atomic mass is 10.1. The Labute approximate surface area is 148 Å². The van der Waals surface area contributed by atoms with E-state index in [9.17, 15) is 9.59 Å². The summed E-state index contributed by atoms with van der Waals surface area (Å²) in [7, 11) is 0. The summed E-state index contributed by atoms with van der Waals surface area (Å²) in [5.74, 6) is 0.631. The van der Waals surface area contributed by atoms with Gasteiger partial charge in [-0.15, -0.1) is 0 Å². The van der Waals surface area contributed by atoms with Crippen LogP contribution in [0.5, 0.6) is 5.75 Å². The number of benzene rings is 2. The van der Waals surface area contributed by atoms with Crippen LogP contribution in [0.25, 0.3) is 0 Å². The van der Waals surface area contributed by atoms with E-state index in [1.165, 1.54) is 0 Å². The van der Waals surface area contributed by atoms with Gasteiger partial charge in [-0.2, -0.15) is 0 Å². The molecule has 0 heterocycles. The minimum atomic E-state index is -0.249. The van der Waals surface area contributed by atoms with Crippen molar-refractivity contribution in [3.63, 3.8) is 0 Å². The fraction of sp³-hybridized carbons (Fsp3) is 0.300. The van der Waals surface area contributed by atoms with Gasteiger partial charge in [0.25, 0.3) is 11.8 Å². The van der Waals surface area contributed by atoms with Crippen LogP contribution < -0.4 is 15.4 Å². The van der Waals surface area contributed by atoms with Crippen molar-refractivity contribution in [3.05, 3.63) is 59.7 Å². The van der Waals surface area contributed by atoms with Crippen LogP contribution in [-0.4, -0.2) is 25.0 Å². The number of para-hydroxylation sites is 2. The predicted molar refractivity (Wildman–Crippen MR) is 99.2 cm³/mol. The number of rotatable bonds is 7. The molecule has 0 unspecified atom stereocenters. The van der Waals surface area contributed by atoms with E-state index in [2.05, 4.69) is 10.6 Å². The molecule has 2 amide bonds. The molecule has 0 aromatic heterocycles. The number of ether oxygens (including phenoxy) is 1. The van der Waals surface area contributed by atoms with Gasteiger partial charge in [0.2, 0.25) is 0 Å². The van der Waals surface area contributed by atoms with Crippen LogP contribution in [0.3, 0.4) is 0 Å². The number of amides is 2. The summed E-state index contributed by atoms with van der Waals surface area (Å²) < 4.78 is 5.50. The van der Waals surface area contributed by atoms with Crippen LogP contribution in [0.2, 0.25) is 0 Å². The maximum Gasteiger partial charge on any atom is 0.255 e. The topological polar surface area (TPSA) is 67.4 Å². The lowest BCUT2D eigenvalue weighted by Crippen LogP contribution is -2.27. The number of nitrogens with one attached hydrogen (secondary N) is 2. The summed E-state index contributed by atoms with van der Waals surface area (Å²) in [6, 6.07) is 13.9. The molecule has 2 aromatic rings. The normalized spacial score (nSPS) is 10.4. The first-order valence-corrected chi connectivity index (χ1v) is 8.42. The molecule has 0 spiro atoms. The lowest BCUT2D eigenvalue weighted by Gasteiger charge is -2.11. The molecular weight excluding hydrogens is 316 g/mol. The molecule has 2 rings (SSSR count). The minimum absolute atomic E-state index is 0.137. The van der Waals surface area contributed by atoms with Crippen molar-refractivity contribution in [1.82, 2.24) is 5.32 Å².